The van der Waals surface area contributed by atoms with Crippen molar-refractivity contribution in [3.63, 3.8) is 0 Å². The maximum atomic E-state index is 12.8. The van der Waals surface area contributed by atoms with E-state index in [1.807, 2.05) is 32.9 Å². The molecule has 0 saturated heterocycles. The fourth-order valence-electron chi connectivity index (χ4n) is 2.66. The summed E-state index contributed by atoms with van der Waals surface area (Å²) in [6.45, 7) is 5.90. The molecule has 6 nitrogen and oxygen atoms in total. The molecule has 0 spiro atoms. The normalized spacial score (nSPS) is 12.2. The van der Waals surface area contributed by atoms with Gasteiger partial charge in [-0.05, 0) is 32.9 Å². The summed E-state index contributed by atoms with van der Waals surface area (Å²) in [5.41, 5.74) is 2.95. The van der Waals surface area contributed by atoms with E-state index in [9.17, 15) is 4.79 Å². The zero-order valence-electron chi connectivity index (χ0n) is 14.1. The Hall–Kier alpha value is -2.54. The number of aromatic nitrogens is 4. The Kier molecular flexibility index (Phi) is 4.44. The maximum Gasteiger partial charge on any atom is 0.255 e. The summed E-state index contributed by atoms with van der Waals surface area (Å²) in [5, 5.41) is 8.46. The number of aryl methyl sites for hydroxylation is 3. The Morgan fingerprint density at radius 1 is 1.38 bits per heavy atom. The molecule has 0 aliphatic heterocycles. The maximum absolute atomic E-state index is 12.8. The predicted octanol–water partition coefficient (Wildman–Crippen LogP) is 3.05. The fraction of sp³-hybridized carbons (Fsp3) is 0.294. The summed E-state index contributed by atoms with van der Waals surface area (Å²) >= 11 is 1.61. The Morgan fingerprint density at radius 3 is 2.79 bits per heavy atom. The van der Waals surface area contributed by atoms with Crippen molar-refractivity contribution >= 4 is 17.2 Å². The first kappa shape index (κ1) is 16.3. The Bertz CT molecular complexity index is 868. The van der Waals surface area contributed by atoms with E-state index in [1.54, 1.807) is 41.7 Å². The lowest BCUT2D eigenvalue weighted by atomic mass is 10.1. The van der Waals surface area contributed by atoms with Crippen molar-refractivity contribution in [3.05, 3.63) is 51.9 Å². The molecule has 7 heteroatoms. The van der Waals surface area contributed by atoms with Crippen molar-refractivity contribution in [1.29, 1.82) is 0 Å². The number of thiazole rings is 1. The monoisotopic (exact) mass is 341 g/mol. The summed E-state index contributed by atoms with van der Waals surface area (Å²) in [5.74, 6) is -0.153. The van der Waals surface area contributed by atoms with E-state index in [0.29, 0.717) is 11.3 Å². The van der Waals surface area contributed by atoms with Gasteiger partial charge in [-0.25, -0.2) is 4.98 Å². The summed E-state index contributed by atoms with van der Waals surface area (Å²) in [6, 6.07) is 3.62. The van der Waals surface area contributed by atoms with Crippen LogP contribution in [0.3, 0.4) is 0 Å². The van der Waals surface area contributed by atoms with Gasteiger partial charge in [-0.1, -0.05) is 0 Å². The van der Waals surface area contributed by atoms with Crippen molar-refractivity contribution in [2.24, 2.45) is 7.05 Å². The van der Waals surface area contributed by atoms with Crippen molar-refractivity contribution < 1.29 is 4.79 Å². The zero-order valence-corrected chi connectivity index (χ0v) is 14.9. The molecule has 0 saturated carbocycles. The largest absolute Gasteiger partial charge is 0.345 e. The number of carbonyl (C=O) groups is 1. The van der Waals surface area contributed by atoms with E-state index in [4.69, 9.17) is 0 Å². The van der Waals surface area contributed by atoms with Gasteiger partial charge in [-0.3, -0.25) is 14.5 Å². The molecule has 3 heterocycles. The molecule has 0 radical (unpaired) electrons. The SMILES string of the molecule is Cc1nc(C)c([C@H](C)NC(=O)c2cn(C)nc2-c2cccnc2)s1. The minimum absolute atomic E-state index is 0.106. The minimum atomic E-state index is -0.153. The number of nitrogens with zero attached hydrogens (tertiary/aromatic N) is 4. The lowest BCUT2D eigenvalue weighted by Crippen LogP contribution is -2.26. The summed E-state index contributed by atoms with van der Waals surface area (Å²) in [4.78, 5) is 22.4. The van der Waals surface area contributed by atoms with Gasteiger partial charge in [0.05, 0.1) is 22.3 Å². The number of rotatable bonds is 4. The molecule has 3 aromatic rings. The minimum Gasteiger partial charge on any atom is -0.345 e. The highest BCUT2D eigenvalue weighted by atomic mass is 32.1. The molecule has 0 aromatic carbocycles. The number of carbonyl (C=O) groups excluding carboxylic acids is 1. The molecule has 3 rings (SSSR count). The molecular formula is C17H19N5OS. The third kappa shape index (κ3) is 3.21. The van der Waals surface area contributed by atoms with Crippen LogP contribution in [0.4, 0.5) is 0 Å². The molecule has 1 atom stereocenters. The van der Waals surface area contributed by atoms with Gasteiger partial charge in [0.25, 0.3) is 5.91 Å². The van der Waals surface area contributed by atoms with Crippen molar-refractivity contribution in [2.45, 2.75) is 26.8 Å². The molecule has 0 aliphatic carbocycles. The number of hydrogen-bond donors (Lipinski definition) is 1. The van der Waals surface area contributed by atoms with Crippen LogP contribution in [0.1, 0.15) is 38.9 Å². The number of hydrogen-bond acceptors (Lipinski definition) is 5. The molecule has 0 bridgehead atoms. The Balaban J connectivity index is 1.87. The lowest BCUT2D eigenvalue weighted by molar-refractivity contribution is 0.0941. The molecule has 1 N–H and O–H groups in total. The Labute approximate surface area is 144 Å². The van der Waals surface area contributed by atoms with Crippen molar-refractivity contribution in [1.82, 2.24) is 25.1 Å². The molecule has 0 unspecified atom stereocenters. The summed E-state index contributed by atoms with van der Waals surface area (Å²) in [7, 11) is 1.80. The summed E-state index contributed by atoms with van der Waals surface area (Å²) < 4.78 is 1.64. The second-order valence-electron chi connectivity index (χ2n) is 5.68. The molecular weight excluding hydrogens is 322 g/mol. The van der Waals surface area contributed by atoms with E-state index < -0.39 is 0 Å². The zero-order chi connectivity index (χ0) is 17.3. The topological polar surface area (TPSA) is 72.7 Å². The quantitative estimate of drug-likeness (QED) is 0.791. The third-order valence-electron chi connectivity index (χ3n) is 3.69. The van der Waals surface area contributed by atoms with Gasteiger partial charge in [-0.15, -0.1) is 11.3 Å². The number of pyridine rings is 1. The first-order chi connectivity index (χ1) is 11.5. The van der Waals surface area contributed by atoms with Crippen molar-refractivity contribution in [2.75, 3.05) is 0 Å². The molecule has 3 aromatic heterocycles. The Morgan fingerprint density at radius 2 is 2.17 bits per heavy atom. The van der Waals surface area contributed by atoms with Crippen LogP contribution in [0.25, 0.3) is 11.3 Å². The summed E-state index contributed by atoms with van der Waals surface area (Å²) in [6.07, 6.45) is 5.14. The van der Waals surface area contributed by atoms with Crippen LogP contribution >= 0.6 is 11.3 Å². The first-order valence-electron chi connectivity index (χ1n) is 7.64. The number of amides is 1. The van der Waals surface area contributed by atoms with Gasteiger partial charge < -0.3 is 5.32 Å². The van der Waals surface area contributed by atoms with E-state index in [-0.39, 0.29) is 11.9 Å². The van der Waals surface area contributed by atoms with E-state index >= 15 is 0 Å². The van der Waals surface area contributed by atoms with E-state index in [2.05, 4.69) is 20.4 Å². The second kappa shape index (κ2) is 6.52. The molecule has 0 fully saturated rings. The fourth-order valence-corrected chi connectivity index (χ4v) is 3.59. The highest BCUT2D eigenvalue weighted by Crippen LogP contribution is 2.26. The van der Waals surface area contributed by atoms with Crippen LogP contribution in [0.5, 0.6) is 0 Å². The van der Waals surface area contributed by atoms with Gasteiger partial charge >= 0.3 is 0 Å². The van der Waals surface area contributed by atoms with Crippen LogP contribution in [0.2, 0.25) is 0 Å². The third-order valence-corrected chi connectivity index (χ3v) is 4.94. The average molecular weight is 341 g/mol. The lowest BCUT2D eigenvalue weighted by Gasteiger charge is -2.12. The average Bonchev–Trinajstić information content (AvgIpc) is 3.10. The second-order valence-corrected chi connectivity index (χ2v) is 6.92. The smallest absolute Gasteiger partial charge is 0.255 e. The van der Waals surface area contributed by atoms with Gasteiger partial charge in [0, 0.05) is 36.1 Å². The number of nitrogens with one attached hydrogen (secondary N) is 1. The predicted molar refractivity (Wildman–Crippen MR) is 93.9 cm³/mol. The standard InChI is InChI=1S/C17H19N5OS/c1-10-16(24-12(3)19-10)11(2)20-17(23)14-9-22(4)21-15(14)13-6-5-7-18-8-13/h5-9,11H,1-4H3,(H,20,23)/t11-/m0/s1. The van der Waals surface area contributed by atoms with Crippen LogP contribution in [-0.2, 0) is 7.05 Å². The van der Waals surface area contributed by atoms with Gasteiger partial charge in [0.1, 0.15) is 5.69 Å². The van der Waals surface area contributed by atoms with Gasteiger partial charge in [-0.2, -0.15) is 5.10 Å². The molecule has 0 aliphatic rings. The van der Waals surface area contributed by atoms with Crippen LogP contribution in [0.15, 0.2) is 30.7 Å². The highest BCUT2D eigenvalue weighted by Gasteiger charge is 2.21. The molecule has 1 amide bonds. The highest BCUT2D eigenvalue weighted by molar-refractivity contribution is 7.11. The van der Waals surface area contributed by atoms with Gasteiger partial charge in [0.15, 0.2) is 0 Å². The van der Waals surface area contributed by atoms with Crippen LogP contribution < -0.4 is 5.32 Å². The van der Waals surface area contributed by atoms with Gasteiger partial charge in [0.2, 0.25) is 0 Å². The van der Waals surface area contributed by atoms with Crippen LogP contribution in [-0.4, -0.2) is 25.7 Å². The molecule has 124 valence electrons. The molecule has 24 heavy (non-hydrogen) atoms. The van der Waals surface area contributed by atoms with E-state index in [0.717, 1.165) is 21.1 Å². The van der Waals surface area contributed by atoms with E-state index in [1.165, 1.54) is 0 Å². The first-order valence-corrected chi connectivity index (χ1v) is 8.46. The van der Waals surface area contributed by atoms with Crippen LogP contribution in [0, 0.1) is 13.8 Å². The van der Waals surface area contributed by atoms with Crippen molar-refractivity contribution in [3.8, 4) is 11.3 Å².